The molecule has 0 aliphatic heterocycles. The molecule has 0 radical (unpaired) electrons. The molecule has 1 rings (SSSR count). The topological polar surface area (TPSA) is 26.3 Å². The van der Waals surface area contributed by atoms with Gasteiger partial charge in [-0.3, -0.25) is 0 Å². The molecule has 0 fully saturated rings. The lowest BCUT2D eigenvalue weighted by Crippen LogP contribution is -2.10. The second-order valence-electron chi connectivity index (χ2n) is 3.37. The Morgan fingerprint density at radius 3 is 2.40 bits per heavy atom. The van der Waals surface area contributed by atoms with E-state index in [1.165, 1.54) is 7.11 Å². The average Bonchev–Trinajstić information content (AvgIpc) is 2.30. The Hall–Kier alpha value is -1.57. The number of hydrogen-bond donors (Lipinski definition) is 0. The SMILES string of the molecule is CC=C(C(=O)OC)C(C)c1ccccc1. The molecule has 0 saturated heterocycles. The van der Waals surface area contributed by atoms with Crippen LogP contribution in [-0.4, -0.2) is 13.1 Å². The van der Waals surface area contributed by atoms with E-state index in [0.29, 0.717) is 5.57 Å². The molecule has 0 aliphatic rings. The quantitative estimate of drug-likeness (QED) is 0.559. The zero-order valence-corrected chi connectivity index (χ0v) is 9.36. The van der Waals surface area contributed by atoms with Gasteiger partial charge >= 0.3 is 5.97 Å². The van der Waals surface area contributed by atoms with Crippen LogP contribution in [0.2, 0.25) is 0 Å². The van der Waals surface area contributed by atoms with E-state index in [0.717, 1.165) is 5.56 Å². The predicted octanol–water partition coefficient (Wildman–Crippen LogP) is 2.91. The van der Waals surface area contributed by atoms with Crippen molar-refractivity contribution in [2.24, 2.45) is 0 Å². The van der Waals surface area contributed by atoms with Gasteiger partial charge in [-0.25, -0.2) is 4.79 Å². The number of hydrogen-bond acceptors (Lipinski definition) is 2. The van der Waals surface area contributed by atoms with Crippen molar-refractivity contribution in [3.05, 3.63) is 47.5 Å². The average molecular weight is 204 g/mol. The number of carbonyl (C=O) groups is 1. The lowest BCUT2D eigenvalue weighted by atomic mass is 9.93. The van der Waals surface area contributed by atoms with Crippen molar-refractivity contribution in [3.63, 3.8) is 0 Å². The number of allylic oxidation sites excluding steroid dienone is 1. The zero-order valence-electron chi connectivity index (χ0n) is 9.36. The van der Waals surface area contributed by atoms with Crippen LogP contribution in [0.25, 0.3) is 0 Å². The van der Waals surface area contributed by atoms with E-state index in [2.05, 4.69) is 0 Å². The summed E-state index contributed by atoms with van der Waals surface area (Å²) in [6.07, 6.45) is 1.81. The first-order chi connectivity index (χ1) is 7.20. The molecule has 1 unspecified atom stereocenters. The molecule has 15 heavy (non-hydrogen) atoms. The summed E-state index contributed by atoms with van der Waals surface area (Å²) in [7, 11) is 1.41. The summed E-state index contributed by atoms with van der Waals surface area (Å²) in [5.41, 5.74) is 1.82. The molecule has 0 amide bonds. The summed E-state index contributed by atoms with van der Waals surface area (Å²) in [6.45, 7) is 3.85. The number of methoxy groups -OCH3 is 1. The Morgan fingerprint density at radius 2 is 1.93 bits per heavy atom. The molecule has 0 bridgehead atoms. The van der Waals surface area contributed by atoms with Gasteiger partial charge in [-0.15, -0.1) is 0 Å². The lowest BCUT2D eigenvalue weighted by molar-refractivity contribution is -0.136. The molecule has 0 heterocycles. The van der Waals surface area contributed by atoms with E-state index in [9.17, 15) is 4.79 Å². The highest BCUT2D eigenvalue weighted by Crippen LogP contribution is 2.24. The number of rotatable bonds is 3. The van der Waals surface area contributed by atoms with Crippen LogP contribution in [-0.2, 0) is 9.53 Å². The molecular weight excluding hydrogens is 188 g/mol. The second kappa shape index (κ2) is 5.35. The molecule has 1 atom stereocenters. The fourth-order valence-electron chi connectivity index (χ4n) is 1.58. The first kappa shape index (κ1) is 11.5. The van der Waals surface area contributed by atoms with Gasteiger partial charge in [0.05, 0.1) is 7.11 Å². The summed E-state index contributed by atoms with van der Waals surface area (Å²) >= 11 is 0. The Morgan fingerprint density at radius 1 is 1.33 bits per heavy atom. The normalized spacial score (nSPS) is 13.4. The summed E-state index contributed by atoms with van der Waals surface area (Å²) in [5, 5.41) is 0. The van der Waals surface area contributed by atoms with Gasteiger partial charge in [0, 0.05) is 11.5 Å². The maximum absolute atomic E-state index is 11.5. The Kier molecular flexibility index (Phi) is 4.10. The molecule has 1 aromatic rings. The highest BCUT2D eigenvalue weighted by Gasteiger charge is 2.17. The van der Waals surface area contributed by atoms with Crippen LogP contribution in [0.4, 0.5) is 0 Å². The fourth-order valence-corrected chi connectivity index (χ4v) is 1.58. The van der Waals surface area contributed by atoms with Crippen LogP contribution >= 0.6 is 0 Å². The van der Waals surface area contributed by atoms with Gasteiger partial charge in [-0.2, -0.15) is 0 Å². The van der Waals surface area contributed by atoms with Gasteiger partial charge in [-0.05, 0) is 12.5 Å². The first-order valence-corrected chi connectivity index (χ1v) is 5.00. The maximum atomic E-state index is 11.5. The number of carbonyl (C=O) groups excluding carboxylic acids is 1. The zero-order chi connectivity index (χ0) is 11.3. The summed E-state index contributed by atoms with van der Waals surface area (Å²) in [4.78, 5) is 11.5. The van der Waals surface area contributed by atoms with Crippen LogP contribution in [0.15, 0.2) is 42.0 Å². The van der Waals surface area contributed by atoms with Gasteiger partial charge in [0.25, 0.3) is 0 Å². The maximum Gasteiger partial charge on any atom is 0.334 e. The Balaban J connectivity index is 2.93. The molecule has 2 nitrogen and oxygen atoms in total. The van der Waals surface area contributed by atoms with E-state index in [4.69, 9.17) is 4.74 Å². The smallest absolute Gasteiger partial charge is 0.334 e. The van der Waals surface area contributed by atoms with Crippen LogP contribution < -0.4 is 0 Å². The third kappa shape index (κ3) is 2.69. The van der Waals surface area contributed by atoms with Crippen LogP contribution in [0.3, 0.4) is 0 Å². The molecule has 2 heteroatoms. The van der Waals surface area contributed by atoms with Crippen molar-refractivity contribution in [3.8, 4) is 0 Å². The molecule has 0 saturated carbocycles. The van der Waals surface area contributed by atoms with Crippen molar-refractivity contribution < 1.29 is 9.53 Å². The van der Waals surface area contributed by atoms with Gasteiger partial charge in [-0.1, -0.05) is 43.3 Å². The van der Waals surface area contributed by atoms with Crippen molar-refractivity contribution >= 4 is 5.97 Å². The first-order valence-electron chi connectivity index (χ1n) is 5.00. The molecule has 0 aliphatic carbocycles. The standard InChI is InChI=1S/C13H16O2/c1-4-12(13(14)15-3)10(2)11-8-6-5-7-9-11/h4-10H,1-3H3. The van der Waals surface area contributed by atoms with Crippen molar-refractivity contribution in [1.82, 2.24) is 0 Å². The molecule has 80 valence electrons. The third-order valence-electron chi connectivity index (χ3n) is 2.50. The van der Waals surface area contributed by atoms with E-state index >= 15 is 0 Å². The molecular formula is C13H16O2. The largest absolute Gasteiger partial charge is 0.466 e. The summed E-state index contributed by atoms with van der Waals surface area (Å²) in [5.74, 6) is -0.183. The number of ether oxygens (including phenoxy) is 1. The summed E-state index contributed by atoms with van der Waals surface area (Å²) in [6, 6.07) is 9.92. The van der Waals surface area contributed by atoms with Crippen LogP contribution in [0, 0.1) is 0 Å². The Bertz CT molecular complexity index is 352. The van der Waals surface area contributed by atoms with Crippen molar-refractivity contribution in [2.45, 2.75) is 19.8 Å². The van der Waals surface area contributed by atoms with E-state index in [-0.39, 0.29) is 11.9 Å². The van der Waals surface area contributed by atoms with Gasteiger partial charge in [0.1, 0.15) is 0 Å². The fraction of sp³-hybridized carbons (Fsp3) is 0.308. The highest BCUT2D eigenvalue weighted by atomic mass is 16.5. The minimum Gasteiger partial charge on any atom is -0.466 e. The minimum absolute atomic E-state index is 0.0728. The van der Waals surface area contributed by atoms with E-state index < -0.39 is 0 Å². The van der Waals surface area contributed by atoms with Gasteiger partial charge in [0.15, 0.2) is 0 Å². The van der Waals surface area contributed by atoms with Crippen molar-refractivity contribution in [2.75, 3.05) is 7.11 Å². The van der Waals surface area contributed by atoms with Gasteiger partial charge < -0.3 is 4.74 Å². The second-order valence-corrected chi connectivity index (χ2v) is 3.37. The van der Waals surface area contributed by atoms with Crippen LogP contribution in [0.5, 0.6) is 0 Å². The molecule has 0 aromatic heterocycles. The molecule has 0 spiro atoms. The predicted molar refractivity (Wildman–Crippen MR) is 60.6 cm³/mol. The van der Waals surface area contributed by atoms with Gasteiger partial charge in [0.2, 0.25) is 0 Å². The lowest BCUT2D eigenvalue weighted by Gasteiger charge is -2.13. The van der Waals surface area contributed by atoms with E-state index in [1.54, 1.807) is 0 Å². The van der Waals surface area contributed by atoms with E-state index in [1.807, 2.05) is 50.3 Å². The summed E-state index contributed by atoms with van der Waals surface area (Å²) < 4.78 is 4.74. The highest BCUT2D eigenvalue weighted by molar-refractivity contribution is 5.89. The van der Waals surface area contributed by atoms with Crippen molar-refractivity contribution in [1.29, 1.82) is 0 Å². The Labute approximate surface area is 90.6 Å². The monoisotopic (exact) mass is 204 g/mol. The van der Waals surface area contributed by atoms with Crippen LogP contribution in [0.1, 0.15) is 25.3 Å². The third-order valence-corrected chi connectivity index (χ3v) is 2.50. The number of benzene rings is 1. The molecule has 0 N–H and O–H groups in total. The molecule has 1 aromatic carbocycles. The minimum atomic E-state index is -0.256. The number of esters is 1.